The molecule has 0 radical (unpaired) electrons. The third-order valence-electron chi connectivity index (χ3n) is 5.14. The van der Waals surface area contributed by atoms with Crippen LogP contribution in [0.15, 0.2) is 65.8 Å². The number of thiazole rings is 1. The molecule has 0 N–H and O–H groups in total. The summed E-state index contributed by atoms with van der Waals surface area (Å²) in [5.41, 5.74) is 4.84. The highest BCUT2D eigenvalue weighted by molar-refractivity contribution is 7.90. The Balaban J connectivity index is 1.68. The second-order valence-corrected chi connectivity index (χ2v) is 10.8. The van der Waals surface area contributed by atoms with E-state index in [2.05, 4.69) is 18.0 Å². The molecule has 2 heterocycles. The number of benzene rings is 2. The van der Waals surface area contributed by atoms with Crippen molar-refractivity contribution in [1.82, 2.24) is 9.97 Å². The maximum absolute atomic E-state index is 13.4. The topological polar surface area (TPSA) is 80.2 Å². The van der Waals surface area contributed by atoms with Crippen LogP contribution in [-0.4, -0.2) is 30.5 Å². The van der Waals surface area contributed by atoms with Gasteiger partial charge in [0.15, 0.2) is 15.0 Å². The summed E-state index contributed by atoms with van der Waals surface area (Å²) >= 11 is 1.50. The molecule has 1 amide bonds. The number of pyridine rings is 1. The molecule has 4 aromatic rings. The van der Waals surface area contributed by atoms with Gasteiger partial charge in [-0.3, -0.25) is 14.7 Å². The van der Waals surface area contributed by atoms with E-state index < -0.39 is 9.84 Å². The van der Waals surface area contributed by atoms with Crippen LogP contribution in [0.5, 0.6) is 0 Å². The summed E-state index contributed by atoms with van der Waals surface area (Å²) in [6, 6.07) is 14.3. The third-order valence-corrected chi connectivity index (χ3v) is 7.50. The number of hydrogen-bond acceptors (Lipinski definition) is 6. The monoisotopic (exact) mass is 465 g/mol. The van der Waals surface area contributed by atoms with Gasteiger partial charge < -0.3 is 0 Å². The fourth-order valence-electron chi connectivity index (χ4n) is 3.54. The fraction of sp³-hybridized carbons (Fsp3) is 0.208. The predicted molar refractivity (Wildman–Crippen MR) is 128 cm³/mol. The summed E-state index contributed by atoms with van der Waals surface area (Å²) in [5, 5.41) is 0.642. The zero-order chi connectivity index (χ0) is 22.9. The molecule has 32 heavy (non-hydrogen) atoms. The lowest BCUT2D eigenvalue weighted by Crippen LogP contribution is -2.31. The number of rotatable bonds is 6. The van der Waals surface area contributed by atoms with E-state index in [1.165, 1.54) is 29.7 Å². The van der Waals surface area contributed by atoms with Crippen LogP contribution in [0.4, 0.5) is 5.13 Å². The van der Waals surface area contributed by atoms with Crippen LogP contribution in [0.25, 0.3) is 10.2 Å². The van der Waals surface area contributed by atoms with Gasteiger partial charge in [0.1, 0.15) is 0 Å². The molecule has 0 spiro atoms. The number of nitrogens with zero attached hydrogens (tertiary/aromatic N) is 3. The Morgan fingerprint density at radius 1 is 1.00 bits per heavy atom. The molecular weight excluding hydrogens is 442 g/mol. The number of carbonyl (C=O) groups excluding carboxylic acids is 1. The Bertz CT molecular complexity index is 1380. The first-order valence-corrected chi connectivity index (χ1v) is 12.8. The number of anilines is 1. The standard InChI is InChI=1S/C24H23N3O3S2/c1-16-12-17(2)23-21(13-16)26-24(31-23)27(15-19-8-10-25-11-9-19)22(28)14-18-4-6-20(7-5-18)32(3,29)30/h4-13H,14-15H2,1-3H3. The highest BCUT2D eigenvalue weighted by Gasteiger charge is 2.21. The van der Waals surface area contributed by atoms with Crippen molar-refractivity contribution in [3.8, 4) is 0 Å². The molecular formula is C24H23N3O3S2. The van der Waals surface area contributed by atoms with Gasteiger partial charge in [-0.05, 0) is 66.4 Å². The minimum Gasteiger partial charge on any atom is -0.283 e. The van der Waals surface area contributed by atoms with Crippen LogP contribution in [0, 0.1) is 13.8 Å². The van der Waals surface area contributed by atoms with Gasteiger partial charge in [0.2, 0.25) is 5.91 Å². The minimum absolute atomic E-state index is 0.109. The van der Waals surface area contributed by atoms with Crippen molar-refractivity contribution >= 4 is 42.4 Å². The summed E-state index contributed by atoms with van der Waals surface area (Å²) in [5.74, 6) is -0.109. The molecule has 8 heteroatoms. The highest BCUT2D eigenvalue weighted by atomic mass is 32.2. The van der Waals surface area contributed by atoms with Crippen molar-refractivity contribution in [3.63, 3.8) is 0 Å². The summed E-state index contributed by atoms with van der Waals surface area (Å²) in [6.07, 6.45) is 4.71. The number of hydrogen-bond donors (Lipinski definition) is 0. The Morgan fingerprint density at radius 3 is 2.34 bits per heavy atom. The summed E-state index contributed by atoms with van der Waals surface area (Å²) in [6.45, 7) is 4.46. The summed E-state index contributed by atoms with van der Waals surface area (Å²) in [7, 11) is -3.28. The molecule has 0 saturated heterocycles. The average molecular weight is 466 g/mol. The largest absolute Gasteiger partial charge is 0.283 e. The van der Waals surface area contributed by atoms with E-state index in [-0.39, 0.29) is 17.2 Å². The molecule has 0 aliphatic rings. The molecule has 0 aliphatic heterocycles. The van der Waals surface area contributed by atoms with E-state index in [4.69, 9.17) is 4.98 Å². The predicted octanol–water partition coefficient (Wildman–Crippen LogP) is 4.49. The first-order chi connectivity index (χ1) is 15.2. The van der Waals surface area contributed by atoms with Crippen LogP contribution < -0.4 is 4.90 Å². The molecule has 2 aromatic carbocycles. The van der Waals surface area contributed by atoms with Crippen LogP contribution in [0.2, 0.25) is 0 Å². The highest BCUT2D eigenvalue weighted by Crippen LogP contribution is 2.33. The molecule has 0 fully saturated rings. The van der Waals surface area contributed by atoms with E-state index in [1.807, 2.05) is 25.1 Å². The van der Waals surface area contributed by atoms with Crippen molar-refractivity contribution < 1.29 is 13.2 Å². The SMILES string of the molecule is Cc1cc(C)c2sc(N(Cc3ccncc3)C(=O)Cc3ccc(S(C)(=O)=O)cc3)nc2c1. The summed E-state index contributed by atoms with van der Waals surface area (Å²) in [4.78, 5) is 24.1. The fourth-order valence-corrected chi connectivity index (χ4v) is 5.20. The average Bonchev–Trinajstić information content (AvgIpc) is 3.16. The van der Waals surface area contributed by atoms with Crippen LogP contribution in [0.1, 0.15) is 22.3 Å². The van der Waals surface area contributed by atoms with Crippen molar-refractivity contribution in [3.05, 3.63) is 83.2 Å². The van der Waals surface area contributed by atoms with E-state index in [0.717, 1.165) is 32.5 Å². The van der Waals surface area contributed by atoms with Gasteiger partial charge in [-0.2, -0.15) is 0 Å². The molecule has 0 bridgehead atoms. The minimum atomic E-state index is -3.28. The van der Waals surface area contributed by atoms with E-state index in [1.54, 1.807) is 29.4 Å². The maximum atomic E-state index is 13.4. The van der Waals surface area contributed by atoms with Gasteiger partial charge in [-0.25, -0.2) is 13.4 Å². The second-order valence-electron chi connectivity index (χ2n) is 7.85. The number of aryl methyl sites for hydroxylation is 2. The normalized spacial score (nSPS) is 11.6. The lowest BCUT2D eigenvalue weighted by atomic mass is 10.1. The number of fused-ring (bicyclic) bond motifs is 1. The van der Waals surface area contributed by atoms with Gasteiger partial charge in [0.05, 0.1) is 28.1 Å². The Hall–Kier alpha value is -3.10. The van der Waals surface area contributed by atoms with Crippen molar-refractivity contribution in [1.29, 1.82) is 0 Å². The summed E-state index contributed by atoms with van der Waals surface area (Å²) < 4.78 is 24.5. The molecule has 164 valence electrons. The number of carbonyl (C=O) groups is 1. The maximum Gasteiger partial charge on any atom is 0.233 e. The van der Waals surface area contributed by atoms with Crippen LogP contribution >= 0.6 is 11.3 Å². The smallest absolute Gasteiger partial charge is 0.233 e. The molecule has 2 aromatic heterocycles. The van der Waals surface area contributed by atoms with Crippen LogP contribution in [0.3, 0.4) is 0 Å². The van der Waals surface area contributed by atoms with E-state index in [0.29, 0.717) is 11.7 Å². The quantitative estimate of drug-likeness (QED) is 0.419. The van der Waals surface area contributed by atoms with Crippen LogP contribution in [-0.2, 0) is 27.6 Å². The van der Waals surface area contributed by atoms with Gasteiger partial charge >= 0.3 is 0 Å². The van der Waals surface area contributed by atoms with Crippen molar-refractivity contribution in [2.24, 2.45) is 0 Å². The first-order valence-electron chi connectivity index (χ1n) is 10.1. The lowest BCUT2D eigenvalue weighted by Gasteiger charge is -2.20. The molecule has 0 saturated carbocycles. The second kappa shape index (κ2) is 8.80. The van der Waals surface area contributed by atoms with Gasteiger partial charge in [0.25, 0.3) is 0 Å². The molecule has 4 rings (SSSR count). The number of aromatic nitrogens is 2. The lowest BCUT2D eigenvalue weighted by molar-refractivity contribution is -0.118. The zero-order valence-electron chi connectivity index (χ0n) is 18.1. The molecule has 0 unspecified atom stereocenters. The third kappa shape index (κ3) is 4.87. The van der Waals surface area contributed by atoms with Gasteiger partial charge in [0, 0.05) is 18.6 Å². The first kappa shape index (κ1) is 22.1. The molecule has 6 nitrogen and oxygen atoms in total. The Labute approximate surface area is 191 Å². The Morgan fingerprint density at radius 2 is 1.69 bits per heavy atom. The zero-order valence-corrected chi connectivity index (χ0v) is 19.7. The molecule has 0 atom stereocenters. The van der Waals surface area contributed by atoms with E-state index in [9.17, 15) is 13.2 Å². The van der Waals surface area contributed by atoms with Crippen molar-refractivity contribution in [2.75, 3.05) is 11.2 Å². The van der Waals surface area contributed by atoms with Gasteiger partial charge in [-0.15, -0.1) is 0 Å². The van der Waals surface area contributed by atoms with Gasteiger partial charge in [-0.1, -0.05) is 29.5 Å². The van der Waals surface area contributed by atoms with Crippen molar-refractivity contribution in [2.45, 2.75) is 31.7 Å². The number of sulfone groups is 1. The molecule has 0 aliphatic carbocycles. The van der Waals surface area contributed by atoms with E-state index >= 15 is 0 Å². The number of amides is 1. The Kier molecular flexibility index (Phi) is 6.08.